The maximum Gasteiger partial charge on any atom is 0.0630 e. The summed E-state index contributed by atoms with van der Waals surface area (Å²) in [6.07, 6.45) is 2.97. The van der Waals surface area contributed by atoms with Gasteiger partial charge in [0.2, 0.25) is 0 Å². The molecule has 17 heavy (non-hydrogen) atoms. The quantitative estimate of drug-likeness (QED) is 0.688. The van der Waals surface area contributed by atoms with E-state index in [2.05, 4.69) is 67.4 Å². The van der Waals surface area contributed by atoms with Crippen molar-refractivity contribution in [2.45, 2.75) is 20.3 Å². The van der Waals surface area contributed by atoms with Gasteiger partial charge in [-0.15, -0.1) is 0 Å². The molecule has 2 rings (SSSR count). The van der Waals surface area contributed by atoms with E-state index in [4.69, 9.17) is 0 Å². The van der Waals surface area contributed by atoms with Crippen LogP contribution in [0.5, 0.6) is 0 Å². The molecule has 0 heterocycles. The molecule has 0 saturated heterocycles. The van der Waals surface area contributed by atoms with Gasteiger partial charge in [0.25, 0.3) is 0 Å². The van der Waals surface area contributed by atoms with Crippen molar-refractivity contribution in [2.75, 3.05) is 0 Å². The van der Waals surface area contributed by atoms with Crippen LogP contribution in [0.3, 0.4) is 0 Å². The number of aryl methyl sites for hydroxylation is 2. The van der Waals surface area contributed by atoms with Crippen LogP contribution in [0.2, 0.25) is 0 Å². The maximum atomic E-state index is 4.46. The van der Waals surface area contributed by atoms with Crippen molar-refractivity contribution in [1.29, 1.82) is 0 Å². The first kappa shape index (κ1) is 11.6. The zero-order valence-electron chi connectivity index (χ0n) is 10.4. The molecule has 1 heteroatoms. The highest BCUT2D eigenvalue weighted by molar-refractivity contribution is 5.81. The fourth-order valence-corrected chi connectivity index (χ4v) is 1.62. The highest BCUT2D eigenvalue weighted by Crippen LogP contribution is 2.13. The number of nitrogens with zero attached hydrogens (tertiary/aromatic N) is 1. The zero-order valence-corrected chi connectivity index (χ0v) is 10.4. The molecule has 0 aliphatic heterocycles. The monoisotopic (exact) mass is 223 g/mol. The normalized spacial score (nSPS) is 10.9. The van der Waals surface area contributed by atoms with E-state index < -0.39 is 0 Å². The van der Waals surface area contributed by atoms with Crippen molar-refractivity contribution in [2.24, 2.45) is 4.99 Å². The van der Waals surface area contributed by atoms with Gasteiger partial charge in [-0.3, -0.25) is 4.99 Å². The molecule has 0 N–H and O–H groups in total. The highest BCUT2D eigenvalue weighted by Gasteiger charge is 1.91. The van der Waals surface area contributed by atoms with Crippen LogP contribution < -0.4 is 0 Å². The Bertz CT molecular complexity index is 492. The fourth-order valence-electron chi connectivity index (χ4n) is 1.62. The van der Waals surface area contributed by atoms with Crippen LogP contribution in [0.1, 0.15) is 23.6 Å². The molecule has 0 atom stereocenters. The van der Waals surface area contributed by atoms with Crippen molar-refractivity contribution >= 4 is 11.9 Å². The largest absolute Gasteiger partial charge is 0.256 e. The smallest absolute Gasteiger partial charge is 0.0630 e. The summed E-state index contributed by atoms with van der Waals surface area (Å²) in [7, 11) is 0. The second-order valence-corrected chi connectivity index (χ2v) is 4.19. The summed E-state index contributed by atoms with van der Waals surface area (Å²) in [5.74, 6) is 0. The molecule has 0 aliphatic carbocycles. The Morgan fingerprint density at radius 2 is 1.59 bits per heavy atom. The molecule has 0 aromatic heterocycles. The van der Waals surface area contributed by atoms with E-state index in [1.807, 2.05) is 6.21 Å². The van der Waals surface area contributed by atoms with Crippen LogP contribution >= 0.6 is 0 Å². The molecule has 0 bridgehead atoms. The molecule has 2 aromatic rings. The Labute approximate surface area is 103 Å². The van der Waals surface area contributed by atoms with Crippen LogP contribution in [-0.4, -0.2) is 6.21 Å². The van der Waals surface area contributed by atoms with Crippen LogP contribution in [0.15, 0.2) is 53.5 Å². The second-order valence-electron chi connectivity index (χ2n) is 4.19. The van der Waals surface area contributed by atoms with Gasteiger partial charge in [0, 0.05) is 6.21 Å². The minimum Gasteiger partial charge on any atom is -0.256 e. The van der Waals surface area contributed by atoms with E-state index in [1.54, 1.807) is 0 Å². The van der Waals surface area contributed by atoms with E-state index in [0.717, 1.165) is 17.7 Å². The summed E-state index contributed by atoms with van der Waals surface area (Å²) < 4.78 is 0. The van der Waals surface area contributed by atoms with E-state index in [-0.39, 0.29) is 0 Å². The fraction of sp³-hybridized carbons (Fsp3) is 0.188. The third-order valence-corrected chi connectivity index (χ3v) is 2.78. The first-order chi connectivity index (χ1) is 8.28. The van der Waals surface area contributed by atoms with Gasteiger partial charge in [0.15, 0.2) is 0 Å². The Morgan fingerprint density at radius 1 is 0.941 bits per heavy atom. The van der Waals surface area contributed by atoms with Crippen LogP contribution in [-0.2, 0) is 6.42 Å². The predicted molar refractivity (Wildman–Crippen MR) is 74.3 cm³/mol. The molecule has 0 fully saturated rings. The Hall–Kier alpha value is -1.89. The van der Waals surface area contributed by atoms with Crippen LogP contribution in [0.4, 0.5) is 5.69 Å². The van der Waals surface area contributed by atoms with E-state index in [9.17, 15) is 0 Å². The van der Waals surface area contributed by atoms with Gasteiger partial charge in [0.05, 0.1) is 5.69 Å². The topological polar surface area (TPSA) is 12.4 Å². The summed E-state index contributed by atoms with van der Waals surface area (Å²) in [6.45, 7) is 4.25. The number of aliphatic imine (C=N–C) groups is 1. The summed E-state index contributed by atoms with van der Waals surface area (Å²) >= 11 is 0. The molecular formula is C16H17N. The molecule has 0 radical (unpaired) electrons. The highest BCUT2D eigenvalue weighted by atomic mass is 14.7. The number of benzene rings is 2. The third-order valence-electron chi connectivity index (χ3n) is 2.78. The average Bonchev–Trinajstić information content (AvgIpc) is 2.39. The average molecular weight is 223 g/mol. The molecule has 86 valence electrons. The molecule has 0 aliphatic rings. The lowest BCUT2D eigenvalue weighted by Gasteiger charge is -1.97. The molecule has 0 amide bonds. The lowest BCUT2D eigenvalue weighted by Crippen LogP contribution is -1.81. The molecule has 2 aromatic carbocycles. The van der Waals surface area contributed by atoms with Crippen molar-refractivity contribution in [3.63, 3.8) is 0 Å². The van der Waals surface area contributed by atoms with Gasteiger partial charge in [0.1, 0.15) is 0 Å². The molecule has 0 spiro atoms. The molecular weight excluding hydrogens is 206 g/mol. The van der Waals surface area contributed by atoms with Crippen molar-refractivity contribution in [3.05, 3.63) is 65.2 Å². The van der Waals surface area contributed by atoms with Gasteiger partial charge >= 0.3 is 0 Å². The Balaban J connectivity index is 2.11. The molecule has 0 saturated carbocycles. The third kappa shape index (κ3) is 3.28. The molecule has 1 nitrogen and oxygen atoms in total. The number of hydrogen-bond donors (Lipinski definition) is 0. The minimum atomic E-state index is 1.00. The van der Waals surface area contributed by atoms with E-state index in [1.165, 1.54) is 11.1 Å². The van der Waals surface area contributed by atoms with Crippen molar-refractivity contribution in [3.8, 4) is 0 Å². The lowest BCUT2D eigenvalue weighted by molar-refractivity contribution is 1.14. The summed E-state index contributed by atoms with van der Waals surface area (Å²) in [6, 6.07) is 16.7. The number of rotatable bonds is 3. The minimum absolute atomic E-state index is 1.00. The maximum absolute atomic E-state index is 4.46. The summed E-state index contributed by atoms with van der Waals surface area (Å²) in [5.41, 5.74) is 4.76. The Kier molecular flexibility index (Phi) is 3.71. The van der Waals surface area contributed by atoms with E-state index >= 15 is 0 Å². The van der Waals surface area contributed by atoms with Gasteiger partial charge in [-0.25, -0.2) is 0 Å². The summed E-state index contributed by atoms with van der Waals surface area (Å²) in [5, 5.41) is 0. The molecule has 0 unspecified atom stereocenters. The number of hydrogen-bond acceptors (Lipinski definition) is 1. The van der Waals surface area contributed by atoms with Crippen LogP contribution in [0, 0.1) is 6.92 Å². The van der Waals surface area contributed by atoms with Gasteiger partial charge in [-0.2, -0.15) is 0 Å². The van der Waals surface area contributed by atoms with Gasteiger partial charge < -0.3 is 0 Å². The van der Waals surface area contributed by atoms with Crippen molar-refractivity contribution < 1.29 is 0 Å². The SMILES string of the molecule is CCc1ccc(N=Cc2ccc(C)cc2)cc1. The second kappa shape index (κ2) is 5.44. The first-order valence-corrected chi connectivity index (χ1v) is 5.97. The summed E-state index contributed by atoms with van der Waals surface area (Å²) in [4.78, 5) is 4.46. The Morgan fingerprint density at radius 3 is 2.18 bits per heavy atom. The van der Waals surface area contributed by atoms with Crippen molar-refractivity contribution in [1.82, 2.24) is 0 Å². The van der Waals surface area contributed by atoms with Gasteiger partial charge in [-0.05, 0) is 36.6 Å². The standard InChI is InChI=1S/C16H17N/c1-3-14-8-10-16(11-9-14)17-12-15-6-4-13(2)5-7-15/h4-12H,3H2,1-2H3. The van der Waals surface area contributed by atoms with E-state index in [0.29, 0.717) is 0 Å². The zero-order chi connectivity index (χ0) is 12.1. The lowest BCUT2D eigenvalue weighted by atomic mass is 10.1. The predicted octanol–water partition coefficient (Wildman–Crippen LogP) is 4.31. The van der Waals surface area contributed by atoms with Crippen LogP contribution in [0.25, 0.3) is 0 Å². The van der Waals surface area contributed by atoms with Gasteiger partial charge in [-0.1, -0.05) is 48.9 Å². The first-order valence-electron chi connectivity index (χ1n) is 5.97.